The summed E-state index contributed by atoms with van der Waals surface area (Å²) in [5.41, 5.74) is 2.33. The largest absolute Gasteiger partial charge is 0.383 e. The summed E-state index contributed by atoms with van der Waals surface area (Å²) in [6, 6.07) is 9.93. The predicted molar refractivity (Wildman–Crippen MR) is 116 cm³/mol. The highest BCUT2D eigenvalue weighted by Crippen LogP contribution is 2.38. The van der Waals surface area contributed by atoms with Crippen molar-refractivity contribution in [2.24, 2.45) is 0 Å². The van der Waals surface area contributed by atoms with Crippen molar-refractivity contribution in [1.29, 1.82) is 0 Å². The maximum Gasteiger partial charge on any atom is 0.275 e. The number of carbonyl (C=O) groups excluding carboxylic acids is 2. The van der Waals surface area contributed by atoms with Gasteiger partial charge in [-0.1, -0.05) is 12.1 Å². The minimum Gasteiger partial charge on any atom is -0.383 e. The average molecular weight is 412 g/mol. The number of hydrogen-bond donors (Lipinski definition) is 1. The van der Waals surface area contributed by atoms with Crippen molar-refractivity contribution in [2.45, 2.75) is 32.9 Å². The Labute approximate surface area is 174 Å². The molecule has 0 saturated carbocycles. The summed E-state index contributed by atoms with van der Waals surface area (Å²) in [5, 5.41) is 5.99. The van der Waals surface area contributed by atoms with Gasteiger partial charge in [0.15, 0.2) is 0 Å². The van der Waals surface area contributed by atoms with Crippen LogP contribution in [0.25, 0.3) is 10.2 Å². The fourth-order valence-electron chi connectivity index (χ4n) is 3.99. The fourth-order valence-corrected chi connectivity index (χ4v) is 4.89. The van der Waals surface area contributed by atoms with Gasteiger partial charge in [0, 0.05) is 24.7 Å². The van der Waals surface area contributed by atoms with Gasteiger partial charge in [-0.15, -0.1) is 11.3 Å². The quantitative estimate of drug-likeness (QED) is 0.654. The van der Waals surface area contributed by atoms with E-state index in [1.807, 2.05) is 61.1 Å². The lowest BCUT2D eigenvalue weighted by atomic mass is 9.92. The maximum absolute atomic E-state index is 13.7. The van der Waals surface area contributed by atoms with Gasteiger partial charge < -0.3 is 14.6 Å². The molecule has 7 heteroatoms. The first kappa shape index (κ1) is 19.7. The van der Waals surface area contributed by atoms with Crippen LogP contribution < -0.4 is 10.2 Å². The van der Waals surface area contributed by atoms with E-state index in [-0.39, 0.29) is 11.8 Å². The zero-order valence-electron chi connectivity index (χ0n) is 17.1. The molecule has 1 aromatic carbocycles. The molecule has 2 amide bonds. The number of anilines is 1. The topological polar surface area (TPSA) is 63.6 Å². The molecular formula is C22H25N3O3S. The number of aryl methyl sites for hydroxylation is 2. The normalized spacial score (nSPS) is 18.9. The van der Waals surface area contributed by atoms with Crippen molar-refractivity contribution < 1.29 is 14.3 Å². The highest BCUT2D eigenvalue weighted by Gasteiger charge is 2.49. The van der Waals surface area contributed by atoms with Crippen LogP contribution in [0.15, 0.2) is 35.7 Å². The number of methoxy groups -OCH3 is 1. The van der Waals surface area contributed by atoms with E-state index >= 15 is 0 Å². The number of nitrogens with one attached hydrogen (secondary N) is 1. The Kier molecular flexibility index (Phi) is 4.96. The number of fused-ring (bicyclic) bond motifs is 3. The summed E-state index contributed by atoms with van der Waals surface area (Å²) in [7, 11) is 1.60. The molecule has 29 heavy (non-hydrogen) atoms. The van der Waals surface area contributed by atoms with E-state index in [9.17, 15) is 9.59 Å². The summed E-state index contributed by atoms with van der Waals surface area (Å²) in [5.74, 6) is -0.342. The van der Waals surface area contributed by atoms with Crippen molar-refractivity contribution in [2.75, 3.05) is 25.2 Å². The van der Waals surface area contributed by atoms with Gasteiger partial charge in [-0.05, 0) is 55.5 Å². The van der Waals surface area contributed by atoms with Gasteiger partial charge in [0.05, 0.1) is 13.2 Å². The van der Waals surface area contributed by atoms with Gasteiger partial charge >= 0.3 is 0 Å². The Morgan fingerprint density at radius 2 is 2.07 bits per heavy atom. The van der Waals surface area contributed by atoms with Crippen LogP contribution in [0.5, 0.6) is 0 Å². The molecule has 0 spiro atoms. The van der Waals surface area contributed by atoms with Crippen molar-refractivity contribution in [3.8, 4) is 0 Å². The minimum absolute atomic E-state index is 0.155. The Morgan fingerprint density at radius 3 is 2.83 bits per heavy atom. The van der Waals surface area contributed by atoms with Crippen molar-refractivity contribution >= 4 is 39.1 Å². The summed E-state index contributed by atoms with van der Waals surface area (Å²) >= 11 is 1.59. The Balaban J connectivity index is 1.87. The summed E-state index contributed by atoms with van der Waals surface area (Å²) in [6.45, 7) is 7.01. The van der Waals surface area contributed by atoms with Crippen LogP contribution in [0.4, 0.5) is 5.69 Å². The molecule has 2 aromatic heterocycles. The maximum atomic E-state index is 13.7. The summed E-state index contributed by atoms with van der Waals surface area (Å²) in [6.07, 6.45) is 0. The van der Waals surface area contributed by atoms with E-state index in [1.165, 1.54) is 0 Å². The third-order valence-electron chi connectivity index (χ3n) is 5.57. The van der Waals surface area contributed by atoms with Crippen molar-refractivity contribution in [1.82, 2.24) is 9.88 Å². The standard InChI is InChI=1S/C22H25N3O3S/c1-14-5-6-15(2)17(11-14)25-19(26)18-12-16-7-10-29-20(16)24(18)13-22(25,3)21(27)23-8-9-28-4/h5-7,10-12H,8-9,13H2,1-4H3,(H,23,27). The van der Waals surface area contributed by atoms with Crippen molar-refractivity contribution in [3.63, 3.8) is 0 Å². The zero-order chi connectivity index (χ0) is 20.8. The second-order valence-corrected chi connectivity index (χ2v) is 8.64. The number of hydrogen-bond acceptors (Lipinski definition) is 4. The number of aromatic nitrogens is 1. The zero-order valence-corrected chi connectivity index (χ0v) is 17.9. The molecule has 0 bridgehead atoms. The van der Waals surface area contributed by atoms with Crippen LogP contribution in [-0.2, 0) is 16.1 Å². The Bertz CT molecular complexity index is 1100. The molecule has 0 radical (unpaired) electrons. The highest BCUT2D eigenvalue weighted by molar-refractivity contribution is 7.16. The SMILES string of the molecule is COCCNC(=O)C1(C)Cn2c(cc3ccsc32)C(=O)N1c1cc(C)ccc1C. The van der Waals surface area contributed by atoms with E-state index in [0.717, 1.165) is 27.0 Å². The van der Waals surface area contributed by atoms with Crippen LogP contribution in [0.1, 0.15) is 28.5 Å². The van der Waals surface area contributed by atoms with E-state index in [2.05, 4.69) is 5.32 Å². The van der Waals surface area contributed by atoms with Gasteiger partial charge in [0.1, 0.15) is 16.1 Å². The molecule has 6 nitrogen and oxygen atoms in total. The minimum atomic E-state index is -1.06. The molecule has 1 aliphatic rings. The van der Waals surface area contributed by atoms with Crippen LogP contribution >= 0.6 is 11.3 Å². The van der Waals surface area contributed by atoms with E-state index in [0.29, 0.717) is 25.4 Å². The summed E-state index contributed by atoms with van der Waals surface area (Å²) in [4.78, 5) is 29.8. The number of benzene rings is 1. The smallest absolute Gasteiger partial charge is 0.275 e. The van der Waals surface area contributed by atoms with Crippen LogP contribution in [0.2, 0.25) is 0 Å². The Morgan fingerprint density at radius 1 is 1.28 bits per heavy atom. The van der Waals surface area contributed by atoms with E-state index < -0.39 is 5.54 Å². The molecule has 1 unspecified atom stereocenters. The number of rotatable bonds is 5. The second kappa shape index (κ2) is 7.31. The fraction of sp³-hybridized carbons (Fsp3) is 0.364. The third-order valence-corrected chi connectivity index (χ3v) is 6.52. The van der Waals surface area contributed by atoms with Gasteiger partial charge in [-0.3, -0.25) is 14.5 Å². The Hall–Kier alpha value is -2.64. The first-order valence-corrected chi connectivity index (χ1v) is 10.5. The van der Waals surface area contributed by atoms with Gasteiger partial charge in [-0.2, -0.15) is 0 Å². The number of amides is 2. The molecule has 0 saturated heterocycles. The van der Waals surface area contributed by atoms with Gasteiger partial charge in [0.25, 0.3) is 5.91 Å². The molecule has 3 heterocycles. The lowest BCUT2D eigenvalue weighted by molar-refractivity contribution is -0.126. The lowest BCUT2D eigenvalue weighted by Crippen LogP contribution is -2.64. The number of nitrogens with zero attached hydrogens (tertiary/aromatic N) is 2. The second-order valence-electron chi connectivity index (χ2n) is 7.75. The molecule has 1 aliphatic heterocycles. The average Bonchev–Trinajstić information content (AvgIpc) is 3.27. The number of ether oxygens (including phenoxy) is 1. The predicted octanol–water partition coefficient (Wildman–Crippen LogP) is 3.50. The summed E-state index contributed by atoms with van der Waals surface area (Å²) < 4.78 is 7.06. The first-order valence-electron chi connectivity index (χ1n) is 9.62. The van der Waals surface area contributed by atoms with Crippen LogP contribution in [-0.4, -0.2) is 42.2 Å². The number of thiophene rings is 1. The van der Waals surface area contributed by atoms with Gasteiger partial charge in [0.2, 0.25) is 5.91 Å². The molecule has 0 aliphatic carbocycles. The lowest BCUT2D eigenvalue weighted by Gasteiger charge is -2.44. The van der Waals surface area contributed by atoms with Crippen molar-refractivity contribution in [3.05, 3.63) is 52.5 Å². The molecule has 4 rings (SSSR count). The van der Waals surface area contributed by atoms with Gasteiger partial charge in [-0.25, -0.2) is 0 Å². The molecule has 0 fully saturated rings. The van der Waals surface area contributed by atoms with Crippen LogP contribution in [0.3, 0.4) is 0 Å². The monoisotopic (exact) mass is 411 g/mol. The number of carbonyl (C=O) groups is 2. The molecule has 1 atom stereocenters. The van der Waals surface area contributed by atoms with E-state index in [1.54, 1.807) is 23.3 Å². The molecule has 152 valence electrons. The molecule has 1 N–H and O–H groups in total. The molecule has 3 aromatic rings. The van der Waals surface area contributed by atoms with Crippen LogP contribution in [0, 0.1) is 13.8 Å². The third kappa shape index (κ3) is 3.14. The molecular weight excluding hydrogens is 386 g/mol. The highest BCUT2D eigenvalue weighted by atomic mass is 32.1. The van der Waals surface area contributed by atoms with E-state index in [4.69, 9.17) is 4.74 Å². The first-order chi connectivity index (χ1) is 13.9.